The molecular weight excluding hydrogens is 174 g/mol. The molecule has 0 saturated heterocycles. The summed E-state index contributed by atoms with van der Waals surface area (Å²) in [5.41, 5.74) is 6.27. The molecule has 0 aromatic heterocycles. The standard InChI is InChI=1S/C7H9N3.2C2H6/c8-7(10-9)6-4-2-1-3-5-6;2*1-2/h1-5H,9H2,(H2,8,10);2*1-2H3. The van der Waals surface area contributed by atoms with Crippen molar-refractivity contribution >= 4 is 5.84 Å². The molecule has 0 heterocycles. The van der Waals surface area contributed by atoms with Crippen molar-refractivity contribution in [1.82, 2.24) is 0 Å². The van der Waals surface area contributed by atoms with Crippen LogP contribution in [0.15, 0.2) is 35.4 Å². The number of hydrogen-bond donors (Lipinski definition) is 2. The molecule has 3 nitrogen and oxygen atoms in total. The number of hydrogen-bond acceptors (Lipinski definition) is 2. The maximum atomic E-state index is 5.42. The lowest BCUT2D eigenvalue weighted by atomic mass is 10.2. The fraction of sp³-hybridized carbons (Fsp3) is 0.364. The van der Waals surface area contributed by atoms with Gasteiger partial charge in [-0.05, 0) is 0 Å². The lowest BCUT2D eigenvalue weighted by Gasteiger charge is -1.95. The van der Waals surface area contributed by atoms with E-state index in [2.05, 4.69) is 5.10 Å². The molecule has 0 aliphatic carbocycles. The van der Waals surface area contributed by atoms with E-state index in [1.54, 1.807) is 0 Å². The van der Waals surface area contributed by atoms with E-state index in [9.17, 15) is 0 Å². The normalized spacial score (nSPS) is 9.00. The number of amidine groups is 1. The maximum absolute atomic E-state index is 5.42. The molecule has 0 aliphatic heterocycles. The van der Waals surface area contributed by atoms with Gasteiger partial charge in [-0.25, -0.2) is 0 Å². The second-order valence-electron chi connectivity index (χ2n) is 1.88. The van der Waals surface area contributed by atoms with Crippen molar-refractivity contribution in [1.29, 1.82) is 0 Å². The summed E-state index contributed by atoms with van der Waals surface area (Å²) in [7, 11) is 0. The zero-order valence-electron chi connectivity index (χ0n) is 9.49. The molecule has 14 heavy (non-hydrogen) atoms. The molecule has 0 unspecified atom stereocenters. The average molecular weight is 195 g/mol. The van der Waals surface area contributed by atoms with Gasteiger partial charge in [-0.1, -0.05) is 58.0 Å². The third-order valence-corrected chi connectivity index (χ3v) is 1.21. The number of hydrazone groups is 1. The van der Waals surface area contributed by atoms with E-state index in [0.717, 1.165) is 5.56 Å². The second-order valence-corrected chi connectivity index (χ2v) is 1.88. The fourth-order valence-electron chi connectivity index (χ4n) is 0.683. The van der Waals surface area contributed by atoms with Gasteiger partial charge < -0.3 is 11.6 Å². The first-order valence-electron chi connectivity index (χ1n) is 4.93. The molecule has 0 amide bonds. The molecule has 0 aliphatic rings. The highest BCUT2D eigenvalue weighted by molar-refractivity contribution is 5.97. The predicted molar refractivity (Wildman–Crippen MR) is 64.0 cm³/mol. The van der Waals surface area contributed by atoms with Crippen LogP contribution in [-0.4, -0.2) is 5.84 Å². The first kappa shape index (κ1) is 15.0. The SMILES string of the molecule is CC.CC.NN=C(N)c1ccccc1. The van der Waals surface area contributed by atoms with Crippen molar-refractivity contribution in [3.8, 4) is 0 Å². The third kappa shape index (κ3) is 6.06. The molecule has 0 bridgehead atoms. The van der Waals surface area contributed by atoms with Crippen LogP contribution in [-0.2, 0) is 0 Å². The second kappa shape index (κ2) is 11.5. The van der Waals surface area contributed by atoms with Crippen LogP contribution in [0.2, 0.25) is 0 Å². The summed E-state index contributed by atoms with van der Waals surface area (Å²) in [5, 5.41) is 3.35. The van der Waals surface area contributed by atoms with E-state index in [0.29, 0.717) is 5.84 Å². The highest BCUT2D eigenvalue weighted by atomic mass is 15.1. The molecule has 1 aromatic rings. The Bertz CT molecular complexity index is 230. The minimum atomic E-state index is 0.362. The van der Waals surface area contributed by atoms with Crippen LogP contribution in [0.25, 0.3) is 0 Å². The van der Waals surface area contributed by atoms with Gasteiger partial charge in [0.15, 0.2) is 0 Å². The average Bonchev–Trinajstić information content (AvgIpc) is 2.34. The van der Waals surface area contributed by atoms with Crippen LogP contribution in [0.1, 0.15) is 33.3 Å². The maximum Gasteiger partial charge on any atom is 0.150 e. The largest absolute Gasteiger partial charge is 0.382 e. The van der Waals surface area contributed by atoms with Crippen LogP contribution in [0, 0.1) is 0 Å². The Balaban J connectivity index is 0. The Labute approximate surface area is 86.8 Å². The summed E-state index contributed by atoms with van der Waals surface area (Å²) < 4.78 is 0. The zero-order valence-corrected chi connectivity index (χ0v) is 9.49. The highest BCUT2D eigenvalue weighted by Crippen LogP contribution is 1.95. The van der Waals surface area contributed by atoms with Crippen LogP contribution < -0.4 is 11.6 Å². The lowest BCUT2D eigenvalue weighted by Crippen LogP contribution is -2.14. The Morgan fingerprint density at radius 1 is 1.00 bits per heavy atom. The molecule has 80 valence electrons. The predicted octanol–water partition coefficient (Wildman–Crippen LogP) is 2.32. The summed E-state index contributed by atoms with van der Waals surface area (Å²) >= 11 is 0. The van der Waals surface area contributed by atoms with Crippen LogP contribution in [0.3, 0.4) is 0 Å². The van der Waals surface area contributed by atoms with E-state index >= 15 is 0 Å². The third-order valence-electron chi connectivity index (χ3n) is 1.21. The fourth-order valence-corrected chi connectivity index (χ4v) is 0.683. The summed E-state index contributed by atoms with van der Waals surface area (Å²) in [6.45, 7) is 8.00. The summed E-state index contributed by atoms with van der Waals surface area (Å²) in [6, 6.07) is 9.38. The zero-order chi connectivity index (χ0) is 11.4. The van der Waals surface area contributed by atoms with Gasteiger partial charge in [0, 0.05) is 5.56 Å². The molecule has 0 fully saturated rings. The van der Waals surface area contributed by atoms with Crippen molar-refractivity contribution in [2.45, 2.75) is 27.7 Å². The summed E-state index contributed by atoms with van der Waals surface area (Å²) in [5.74, 6) is 5.33. The van der Waals surface area contributed by atoms with Gasteiger partial charge >= 0.3 is 0 Å². The van der Waals surface area contributed by atoms with Crippen molar-refractivity contribution in [3.05, 3.63) is 35.9 Å². The summed E-state index contributed by atoms with van der Waals surface area (Å²) in [4.78, 5) is 0. The van der Waals surface area contributed by atoms with E-state index < -0.39 is 0 Å². The van der Waals surface area contributed by atoms with Crippen molar-refractivity contribution in [2.24, 2.45) is 16.7 Å². The molecule has 0 spiro atoms. The molecule has 1 rings (SSSR count). The molecule has 1 aromatic carbocycles. The minimum Gasteiger partial charge on any atom is -0.382 e. The molecule has 0 atom stereocenters. The Morgan fingerprint density at radius 2 is 1.43 bits per heavy atom. The van der Waals surface area contributed by atoms with Gasteiger partial charge in [-0.15, -0.1) is 0 Å². The molecule has 0 saturated carbocycles. The molecule has 4 N–H and O–H groups in total. The van der Waals surface area contributed by atoms with Crippen LogP contribution in [0.4, 0.5) is 0 Å². The number of nitrogens with two attached hydrogens (primary N) is 2. The van der Waals surface area contributed by atoms with E-state index in [1.165, 1.54) is 0 Å². The topological polar surface area (TPSA) is 64.4 Å². The number of benzene rings is 1. The quantitative estimate of drug-likeness (QED) is 0.312. The summed E-state index contributed by atoms with van der Waals surface area (Å²) in [6.07, 6.45) is 0. The lowest BCUT2D eigenvalue weighted by molar-refractivity contribution is 1.23. The number of rotatable bonds is 1. The van der Waals surface area contributed by atoms with Crippen molar-refractivity contribution in [2.75, 3.05) is 0 Å². The van der Waals surface area contributed by atoms with Crippen LogP contribution >= 0.6 is 0 Å². The van der Waals surface area contributed by atoms with Crippen molar-refractivity contribution < 1.29 is 0 Å². The van der Waals surface area contributed by atoms with E-state index in [4.69, 9.17) is 11.6 Å². The monoisotopic (exact) mass is 195 g/mol. The van der Waals surface area contributed by atoms with E-state index in [1.807, 2.05) is 58.0 Å². The van der Waals surface area contributed by atoms with E-state index in [-0.39, 0.29) is 0 Å². The number of nitrogens with zero attached hydrogens (tertiary/aromatic N) is 1. The van der Waals surface area contributed by atoms with Crippen LogP contribution in [0.5, 0.6) is 0 Å². The van der Waals surface area contributed by atoms with Gasteiger partial charge in [0.25, 0.3) is 0 Å². The Hall–Kier alpha value is -1.51. The Morgan fingerprint density at radius 3 is 1.79 bits per heavy atom. The highest BCUT2D eigenvalue weighted by Gasteiger charge is 1.92. The van der Waals surface area contributed by atoms with Gasteiger partial charge in [-0.2, -0.15) is 5.10 Å². The molecule has 3 heteroatoms. The first-order valence-corrected chi connectivity index (χ1v) is 4.93. The van der Waals surface area contributed by atoms with Gasteiger partial charge in [0.05, 0.1) is 0 Å². The Kier molecular flexibility index (Phi) is 12.3. The van der Waals surface area contributed by atoms with Gasteiger partial charge in [0.2, 0.25) is 0 Å². The molecular formula is C11H21N3. The first-order chi connectivity index (χ1) is 6.84. The molecule has 0 radical (unpaired) electrons. The minimum absolute atomic E-state index is 0.362. The van der Waals surface area contributed by atoms with Gasteiger partial charge in [-0.3, -0.25) is 0 Å². The van der Waals surface area contributed by atoms with Gasteiger partial charge in [0.1, 0.15) is 5.84 Å². The smallest absolute Gasteiger partial charge is 0.150 e. The van der Waals surface area contributed by atoms with Crippen molar-refractivity contribution in [3.63, 3.8) is 0 Å².